The van der Waals surface area contributed by atoms with E-state index < -0.39 is 23.4 Å². The minimum absolute atomic E-state index is 0.0492. The number of nitrogens with one attached hydrogen (secondary N) is 2. The van der Waals surface area contributed by atoms with E-state index in [2.05, 4.69) is 10.6 Å². The number of amides is 2. The number of carbonyl (C=O) groups excluding carboxylic acids is 1. The van der Waals surface area contributed by atoms with Crippen LogP contribution in [0.2, 0.25) is 5.02 Å². The number of urea groups is 1. The monoisotopic (exact) mass is 286 g/mol. The lowest BCUT2D eigenvalue weighted by Gasteiger charge is -2.38. The lowest BCUT2D eigenvalue weighted by Crippen LogP contribution is -2.60. The van der Waals surface area contributed by atoms with Gasteiger partial charge in [-0.05, 0) is 37.5 Å². The maximum absolute atomic E-state index is 12.8. The maximum atomic E-state index is 12.8. The molecule has 2 amide bonds. The molecule has 0 saturated heterocycles. The second-order valence-corrected chi connectivity index (χ2v) is 4.85. The molecule has 0 spiro atoms. The Morgan fingerprint density at radius 3 is 2.53 bits per heavy atom. The van der Waals surface area contributed by atoms with E-state index in [1.54, 1.807) is 0 Å². The minimum atomic E-state index is -1.20. The molecule has 1 fully saturated rings. The molecule has 0 atom stereocenters. The molecule has 5 nitrogen and oxygen atoms in total. The van der Waals surface area contributed by atoms with E-state index in [0.29, 0.717) is 12.8 Å². The second kappa shape index (κ2) is 5.05. The van der Waals surface area contributed by atoms with Crippen LogP contribution in [-0.2, 0) is 4.79 Å². The Morgan fingerprint density at radius 2 is 2.05 bits per heavy atom. The van der Waals surface area contributed by atoms with E-state index in [1.165, 1.54) is 6.07 Å². The van der Waals surface area contributed by atoms with Crippen LogP contribution in [0.4, 0.5) is 14.9 Å². The molecule has 0 aliphatic heterocycles. The highest BCUT2D eigenvalue weighted by atomic mass is 35.5. The predicted molar refractivity (Wildman–Crippen MR) is 67.8 cm³/mol. The van der Waals surface area contributed by atoms with Crippen LogP contribution in [0.1, 0.15) is 19.3 Å². The van der Waals surface area contributed by atoms with Gasteiger partial charge in [0, 0.05) is 0 Å². The first-order valence-electron chi connectivity index (χ1n) is 5.70. The maximum Gasteiger partial charge on any atom is 0.329 e. The van der Waals surface area contributed by atoms with Crippen molar-refractivity contribution in [3.05, 3.63) is 29.0 Å². The lowest BCUT2D eigenvalue weighted by atomic mass is 9.77. The average Bonchev–Trinajstić information content (AvgIpc) is 2.27. The van der Waals surface area contributed by atoms with Gasteiger partial charge in [0.05, 0.1) is 10.7 Å². The molecule has 1 aromatic rings. The molecule has 0 radical (unpaired) electrons. The van der Waals surface area contributed by atoms with E-state index >= 15 is 0 Å². The Labute approximate surface area is 113 Å². The van der Waals surface area contributed by atoms with Gasteiger partial charge in [0.1, 0.15) is 11.4 Å². The molecule has 2 rings (SSSR count). The quantitative estimate of drug-likeness (QED) is 0.799. The summed E-state index contributed by atoms with van der Waals surface area (Å²) in [6, 6.07) is 2.85. The van der Waals surface area contributed by atoms with Crippen LogP contribution in [-0.4, -0.2) is 22.6 Å². The van der Waals surface area contributed by atoms with Crippen molar-refractivity contribution in [3.63, 3.8) is 0 Å². The van der Waals surface area contributed by atoms with Gasteiger partial charge in [0.15, 0.2) is 0 Å². The van der Waals surface area contributed by atoms with Crippen LogP contribution in [0.3, 0.4) is 0 Å². The summed E-state index contributed by atoms with van der Waals surface area (Å²) in [6.07, 6.45) is 1.55. The molecule has 1 aliphatic carbocycles. The molecule has 1 saturated carbocycles. The zero-order valence-corrected chi connectivity index (χ0v) is 10.6. The van der Waals surface area contributed by atoms with E-state index in [0.717, 1.165) is 18.6 Å². The Balaban J connectivity index is 2.03. The van der Waals surface area contributed by atoms with Gasteiger partial charge in [-0.1, -0.05) is 11.6 Å². The first-order chi connectivity index (χ1) is 8.93. The molecular formula is C12H12ClFN2O3. The molecule has 3 N–H and O–H groups in total. The van der Waals surface area contributed by atoms with E-state index in [4.69, 9.17) is 16.7 Å². The summed E-state index contributed by atoms with van der Waals surface area (Å²) in [7, 11) is 0. The number of halogens is 2. The van der Waals surface area contributed by atoms with Crippen LogP contribution in [0.25, 0.3) is 0 Å². The molecule has 7 heteroatoms. The van der Waals surface area contributed by atoms with Crippen LogP contribution in [0.5, 0.6) is 0 Å². The Hall–Kier alpha value is -1.82. The Bertz CT molecular complexity index is 532. The number of carboxylic acid groups (broad SMARTS) is 1. The van der Waals surface area contributed by atoms with E-state index in [9.17, 15) is 14.0 Å². The van der Waals surface area contributed by atoms with Gasteiger partial charge in [-0.3, -0.25) is 0 Å². The van der Waals surface area contributed by atoms with Crippen LogP contribution in [0.15, 0.2) is 18.2 Å². The third kappa shape index (κ3) is 2.78. The first-order valence-corrected chi connectivity index (χ1v) is 6.08. The SMILES string of the molecule is O=C(Nc1ccc(F)cc1Cl)NC1(C(=O)O)CCC1. The Morgan fingerprint density at radius 1 is 1.37 bits per heavy atom. The van der Waals surface area contributed by atoms with Crippen molar-refractivity contribution in [2.24, 2.45) is 0 Å². The van der Waals surface area contributed by atoms with Gasteiger partial charge in [0.25, 0.3) is 0 Å². The zero-order chi connectivity index (χ0) is 14.0. The summed E-state index contributed by atoms with van der Waals surface area (Å²) in [4.78, 5) is 22.8. The largest absolute Gasteiger partial charge is 0.480 e. The van der Waals surface area contributed by atoms with Gasteiger partial charge < -0.3 is 15.7 Å². The topological polar surface area (TPSA) is 78.4 Å². The van der Waals surface area contributed by atoms with Gasteiger partial charge in [-0.25, -0.2) is 14.0 Å². The highest BCUT2D eigenvalue weighted by Crippen LogP contribution is 2.32. The van der Waals surface area contributed by atoms with Crippen LogP contribution in [0, 0.1) is 5.82 Å². The number of benzene rings is 1. The van der Waals surface area contributed by atoms with Crippen molar-refractivity contribution in [2.75, 3.05) is 5.32 Å². The minimum Gasteiger partial charge on any atom is -0.480 e. The molecule has 0 aromatic heterocycles. The second-order valence-electron chi connectivity index (χ2n) is 4.44. The number of rotatable bonds is 3. The molecule has 1 aliphatic rings. The van der Waals surface area contributed by atoms with Crippen LogP contribution >= 0.6 is 11.6 Å². The van der Waals surface area contributed by atoms with Gasteiger partial charge in [0.2, 0.25) is 0 Å². The third-order valence-electron chi connectivity index (χ3n) is 3.15. The highest BCUT2D eigenvalue weighted by molar-refractivity contribution is 6.33. The number of anilines is 1. The van der Waals surface area contributed by atoms with Crippen molar-refractivity contribution in [1.29, 1.82) is 0 Å². The summed E-state index contributed by atoms with van der Waals surface area (Å²) in [5.41, 5.74) is -0.975. The highest BCUT2D eigenvalue weighted by Gasteiger charge is 2.45. The number of aliphatic carboxylic acids is 1. The molecule has 0 heterocycles. The summed E-state index contributed by atoms with van der Waals surface area (Å²) in [5.74, 6) is -1.57. The molecule has 1 aromatic carbocycles. The fourth-order valence-corrected chi connectivity index (χ4v) is 2.10. The number of carbonyl (C=O) groups is 2. The summed E-state index contributed by atoms with van der Waals surface area (Å²) in [5, 5.41) is 13.9. The van der Waals surface area contributed by atoms with Crippen molar-refractivity contribution in [2.45, 2.75) is 24.8 Å². The van der Waals surface area contributed by atoms with Gasteiger partial charge in [-0.15, -0.1) is 0 Å². The summed E-state index contributed by atoms with van der Waals surface area (Å²) >= 11 is 5.76. The van der Waals surface area contributed by atoms with Crippen molar-refractivity contribution >= 4 is 29.3 Å². The predicted octanol–water partition coefficient (Wildman–Crippen LogP) is 2.61. The number of hydrogen-bond donors (Lipinski definition) is 3. The molecular weight excluding hydrogens is 275 g/mol. The fraction of sp³-hybridized carbons (Fsp3) is 0.333. The van der Waals surface area contributed by atoms with E-state index in [1.807, 2.05) is 0 Å². The van der Waals surface area contributed by atoms with Crippen LogP contribution < -0.4 is 10.6 Å². The van der Waals surface area contributed by atoms with Crippen molar-refractivity contribution in [3.8, 4) is 0 Å². The van der Waals surface area contributed by atoms with Crippen molar-refractivity contribution in [1.82, 2.24) is 5.32 Å². The lowest BCUT2D eigenvalue weighted by molar-refractivity contribution is -0.148. The molecule has 19 heavy (non-hydrogen) atoms. The standard InChI is InChI=1S/C12H12ClFN2O3/c13-8-6-7(14)2-3-9(8)15-11(19)16-12(10(17)18)4-1-5-12/h2-3,6H,1,4-5H2,(H,17,18)(H2,15,16,19). The molecule has 102 valence electrons. The number of carboxylic acids is 1. The fourth-order valence-electron chi connectivity index (χ4n) is 1.88. The smallest absolute Gasteiger partial charge is 0.329 e. The zero-order valence-electron chi connectivity index (χ0n) is 9.87. The molecule has 0 unspecified atom stereocenters. The normalized spacial score (nSPS) is 16.3. The Kier molecular flexibility index (Phi) is 3.61. The first kappa shape index (κ1) is 13.6. The van der Waals surface area contributed by atoms with Crippen molar-refractivity contribution < 1.29 is 19.1 Å². The third-order valence-corrected chi connectivity index (χ3v) is 3.46. The van der Waals surface area contributed by atoms with E-state index in [-0.39, 0.29) is 10.7 Å². The van der Waals surface area contributed by atoms with Gasteiger partial charge in [-0.2, -0.15) is 0 Å². The average molecular weight is 287 g/mol. The summed E-state index contributed by atoms with van der Waals surface area (Å²) < 4.78 is 12.8. The van der Waals surface area contributed by atoms with Gasteiger partial charge >= 0.3 is 12.0 Å². The molecule has 0 bridgehead atoms. The number of hydrogen-bond acceptors (Lipinski definition) is 2. The summed E-state index contributed by atoms with van der Waals surface area (Å²) in [6.45, 7) is 0.